The molecule has 4 nitrogen and oxygen atoms in total. The third kappa shape index (κ3) is 6.07. The molecule has 0 spiro atoms. The third-order valence-corrected chi connectivity index (χ3v) is 6.62. The molecule has 0 aliphatic carbocycles. The van der Waals surface area contributed by atoms with Crippen molar-refractivity contribution in [1.82, 2.24) is 10.2 Å². The molecule has 192 valence electrons. The minimum absolute atomic E-state index is 0.202. The summed E-state index contributed by atoms with van der Waals surface area (Å²) in [4.78, 5) is 27.9. The molecule has 11 heteroatoms. The highest BCUT2D eigenvalue weighted by Gasteiger charge is 2.42. The Morgan fingerprint density at radius 1 is 0.972 bits per heavy atom. The van der Waals surface area contributed by atoms with E-state index in [0.717, 1.165) is 29.5 Å². The van der Waals surface area contributed by atoms with Crippen molar-refractivity contribution in [3.63, 3.8) is 0 Å². The maximum Gasteiger partial charge on any atom is 0.416 e. The number of carbonyl (C=O) groups is 2. The molecule has 0 saturated carbocycles. The Morgan fingerprint density at radius 3 is 2.19 bits per heavy atom. The van der Waals surface area contributed by atoms with E-state index in [-0.39, 0.29) is 5.91 Å². The maximum absolute atomic E-state index is 13.6. The van der Waals surface area contributed by atoms with E-state index in [9.17, 15) is 35.9 Å². The molecule has 1 unspecified atom stereocenters. The van der Waals surface area contributed by atoms with Gasteiger partial charge in [0.1, 0.15) is 4.88 Å². The topological polar surface area (TPSA) is 49.4 Å². The van der Waals surface area contributed by atoms with Crippen LogP contribution in [-0.4, -0.2) is 36.0 Å². The minimum Gasteiger partial charge on any atom is -0.338 e. The van der Waals surface area contributed by atoms with Crippen molar-refractivity contribution in [2.45, 2.75) is 32.2 Å². The monoisotopic (exact) mass is 528 g/mol. The maximum atomic E-state index is 13.6. The summed E-state index contributed by atoms with van der Waals surface area (Å²) in [5, 5.41) is 3.04. The Labute approximate surface area is 207 Å². The predicted molar refractivity (Wildman–Crippen MR) is 126 cm³/mol. The number of hydrogen-bond donors (Lipinski definition) is 1. The smallest absolute Gasteiger partial charge is 0.338 e. The number of halogens is 6. The Kier molecular flexibility index (Phi) is 8.12. The quantitative estimate of drug-likeness (QED) is 0.270. The summed E-state index contributed by atoms with van der Waals surface area (Å²) in [6.45, 7) is 4.65. The lowest BCUT2D eigenvalue weighted by atomic mass is 10.0. The highest BCUT2D eigenvalue weighted by atomic mass is 32.1. The van der Waals surface area contributed by atoms with Gasteiger partial charge < -0.3 is 10.2 Å². The van der Waals surface area contributed by atoms with Crippen LogP contribution in [0.5, 0.6) is 0 Å². The van der Waals surface area contributed by atoms with E-state index >= 15 is 0 Å². The zero-order valence-electron chi connectivity index (χ0n) is 19.2. The van der Waals surface area contributed by atoms with E-state index in [1.54, 1.807) is 34.5 Å². The number of fused-ring (bicyclic) bond motifs is 1. The van der Waals surface area contributed by atoms with Crippen LogP contribution in [-0.2, 0) is 11.0 Å². The van der Waals surface area contributed by atoms with Gasteiger partial charge in [0, 0.05) is 34.8 Å². The summed E-state index contributed by atoms with van der Waals surface area (Å²) in [6.07, 6.45) is -7.71. The molecule has 1 aromatic heterocycles. The number of alkyl halides is 6. The fourth-order valence-corrected chi connectivity index (χ4v) is 4.79. The average molecular weight is 529 g/mol. The molecule has 2 amide bonds. The van der Waals surface area contributed by atoms with Crippen LogP contribution in [0.4, 0.5) is 26.3 Å². The van der Waals surface area contributed by atoms with Crippen molar-refractivity contribution >= 4 is 40.0 Å². The van der Waals surface area contributed by atoms with Crippen molar-refractivity contribution in [2.24, 2.45) is 0 Å². The molecule has 36 heavy (non-hydrogen) atoms. The molecule has 1 heterocycles. The second-order valence-electron chi connectivity index (χ2n) is 7.76. The first-order valence-electron chi connectivity index (χ1n) is 10.9. The summed E-state index contributed by atoms with van der Waals surface area (Å²) in [6, 6.07) is 7.04. The number of carbonyl (C=O) groups excluding carboxylic acids is 2. The number of hydrogen-bond acceptors (Lipinski definition) is 3. The van der Waals surface area contributed by atoms with Gasteiger partial charge in [-0.05, 0) is 37.6 Å². The Bertz CT molecular complexity index is 1280. The van der Waals surface area contributed by atoms with Crippen molar-refractivity contribution in [1.29, 1.82) is 0 Å². The van der Waals surface area contributed by atoms with E-state index < -0.39 is 35.4 Å². The van der Waals surface area contributed by atoms with Crippen LogP contribution < -0.4 is 5.32 Å². The zero-order chi connectivity index (χ0) is 26.7. The molecule has 0 bridgehead atoms. The molecule has 0 aliphatic heterocycles. The van der Waals surface area contributed by atoms with Gasteiger partial charge in [-0.25, -0.2) is 0 Å². The second kappa shape index (κ2) is 10.7. The van der Waals surface area contributed by atoms with E-state index in [1.165, 1.54) is 6.08 Å². The normalized spacial score (nSPS) is 13.2. The van der Waals surface area contributed by atoms with Crippen LogP contribution in [0.15, 0.2) is 54.6 Å². The van der Waals surface area contributed by atoms with Crippen LogP contribution in [0.1, 0.15) is 45.6 Å². The molecule has 0 aliphatic rings. The summed E-state index contributed by atoms with van der Waals surface area (Å²) in [5.41, 5.74) is -2.00. The first-order valence-corrected chi connectivity index (χ1v) is 11.7. The summed E-state index contributed by atoms with van der Waals surface area (Å²) < 4.78 is 79.8. The standard InChI is InChI=1S/C25H22F6N2O2S/c1-3-33(4-2)23(35)21-18-11-6-5-10-17(18)19(36-21)12-13-20(34)32-22(25(29,30)31)15-8-7-9-16(14-15)24(26,27)28/h5-14,22H,3-4H2,1-2H3,(H,32,34). The second-order valence-corrected chi connectivity index (χ2v) is 8.81. The lowest BCUT2D eigenvalue weighted by molar-refractivity contribution is -0.162. The van der Waals surface area contributed by atoms with Gasteiger partial charge in [-0.3, -0.25) is 9.59 Å². The summed E-state index contributed by atoms with van der Waals surface area (Å²) >= 11 is 1.10. The molecule has 2 aromatic carbocycles. The van der Waals surface area contributed by atoms with Gasteiger partial charge in [0.15, 0.2) is 6.04 Å². The predicted octanol–water partition coefficient (Wildman–Crippen LogP) is 6.84. The summed E-state index contributed by atoms with van der Waals surface area (Å²) in [5.74, 6) is -1.35. The van der Waals surface area contributed by atoms with Gasteiger partial charge in [0.2, 0.25) is 5.91 Å². The largest absolute Gasteiger partial charge is 0.416 e. The van der Waals surface area contributed by atoms with Gasteiger partial charge >= 0.3 is 12.4 Å². The fourth-order valence-electron chi connectivity index (χ4n) is 3.64. The van der Waals surface area contributed by atoms with Crippen LogP contribution in [0.25, 0.3) is 16.8 Å². The number of nitrogens with zero attached hydrogens (tertiary/aromatic N) is 1. The van der Waals surface area contributed by atoms with Gasteiger partial charge in [-0.1, -0.05) is 36.4 Å². The number of rotatable bonds is 7. The van der Waals surface area contributed by atoms with Crippen LogP contribution in [0, 0.1) is 0 Å². The lowest BCUT2D eigenvalue weighted by Gasteiger charge is -2.22. The molecule has 1 atom stereocenters. The molecule has 0 fully saturated rings. The molecule has 3 rings (SSSR count). The van der Waals surface area contributed by atoms with E-state index in [2.05, 4.69) is 0 Å². The van der Waals surface area contributed by atoms with Crippen LogP contribution >= 0.6 is 11.3 Å². The summed E-state index contributed by atoms with van der Waals surface area (Å²) in [7, 11) is 0. The van der Waals surface area contributed by atoms with Crippen LogP contribution in [0.2, 0.25) is 0 Å². The van der Waals surface area contributed by atoms with Gasteiger partial charge in [0.05, 0.1) is 5.56 Å². The van der Waals surface area contributed by atoms with Crippen molar-refractivity contribution in [3.8, 4) is 0 Å². The first kappa shape index (κ1) is 27.3. The molecular formula is C25H22F6N2O2S. The van der Waals surface area contributed by atoms with Gasteiger partial charge in [0.25, 0.3) is 5.91 Å². The van der Waals surface area contributed by atoms with E-state index in [0.29, 0.717) is 45.7 Å². The van der Waals surface area contributed by atoms with E-state index in [1.807, 2.05) is 13.8 Å². The number of amides is 2. The molecule has 1 N–H and O–H groups in total. The number of benzene rings is 2. The highest BCUT2D eigenvalue weighted by molar-refractivity contribution is 7.16. The number of nitrogens with one attached hydrogen (secondary N) is 1. The fraction of sp³-hybridized carbons (Fsp3) is 0.280. The molecule has 0 saturated heterocycles. The van der Waals surface area contributed by atoms with E-state index in [4.69, 9.17) is 0 Å². The Balaban J connectivity index is 1.90. The van der Waals surface area contributed by atoms with Gasteiger partial charge in [-0.15, -0.1) is 11.3 Å². The third-order valence-electron chi connectivity index (χ3n) is 5.44. The molecular weight excluding hydrogens is 506 g/mol. The van der Waals surface area contributed by atoms with Crippen molar-refractivity contribution in [3.05, 3.63) is 75.5 Å². The van der Waals surface area contributed by atoms with Crippen molar-refractivity contribution < 1.29 is 35.9 Å². The Hall–Kier alpha value is -3.34. The van der Waals surface area contributed by atoms with Crippen molar-refractivity contribution in [2.75, 3.05) is 13.1 Å². The minimum atomic E-state index is -5.04. The lowest BCUT2D eigenvalue weighted by Crippen LogP contribution is -2.37. The van der Waals surface area contributed by atoms with Gasteiger partial charge in [-0.2, -0.15) is 26.3 Å². The molecule has 3 aromatic rings. The average Bonchev–Trinajstić information content (AvgIpc) is 3.19. The number of thiophene rings is 1. The highest BCUT2D eigenvalue weighted by Crippen LogP contribution is 2.37. The van der Waals surface area contributed by atoms with Crippen LogP contribution in [0.3, 0.4) is 0 Å². The molecule has 0 radical (unpaired) electrons. The zero-order valence-corrected chi connectivity index (χ0v) is 20.0. The first-order chi connectivity index (χ1) is 16.9. The Morgan fingerprint density at radius 2 is 1.61 bits per heavy atom. The SMILES string of the molecule is CCN(CC)C(=O)c1sc(C=CC(=O)NC(c2cccc(C(F)(F)F)c2)C(F)(F)F)c2ccccc12.